The molecule has 0 spiro atoms. The van der Waals surface area contributed by atoms with Crippen LogP contribution in [0.4, 0.5) is 0 Å². The standard InChI is InChI=1S/C17H27NO2/c1-14(7-8-15-5-3-2-4-6-15)18-11-17(19)13-20-12-16-9-10-16/h2-6,14,16-19H,7-13H2,1H3. The van der Waals surface area contributed by atoms with E-state index in [1.54, 1.807) is 0 Å². The first-order valence-corrected chi connectivity index (χ1v) is 7.77. The minimum absolute atomic E-state index is 0.395. The molecule has 2 rings (SSSR count). The third-order valence-electron chi connectivity index (χ3n) is 3.77. The highest BCUT2D eigenvalue weighted by atomic mass is 16.5. The second-order valence-electron chi connectivity index (χ2n) is 5.97. The number of aliphatic hydroxyl groups is 1. The molecule has 3 heteroatoms. The third kappa shape index (κ3) is 6.51. The van der Waals surface area contributed by atoms with E-state index in [0.717, 1.165) is 25.4 Å². The maximum atomic E-state index is 9.83. The Kier molecular flexibility index (Phi) is 6.51. The first kappa shape index (κ1) is 15.5. The predicted octanol–water partition coefficient (Wildman–Crippen LogP) is 2.38. The summed E-state index contributed by atoms with van der Waals surface area (Å²) < 4.78 is 5.49. The van der Waals surface area contributed by atoms with E-state index in [4.69, 9.17) is 4.74 Å². The van der Waals surface area contributed by atoms with Gasteiger partial charge in [-0.15, -0.1) is 0 Å². The molecule has 1 aromatic carbocycles. The van der Waals surface area contributed by atoms with Crippen LogP contribution in [0, 0.1) is 5.92 Å². The molecule has 20 heavy (non-hydrogen) atoms. The summed E-state index contributed by atoms with van der Waals surface area (Å²) in [6, 6.07) is 10.9. The quantitative estimate of drug-likeness (QED) is 0.690. The van der Waals surface area contributed by atoms with Gasteiger partial charge in [-0.3, -0.25) is 0 Å². The summed E-state index contributed by atoms with van der Waals surface area (Å²) in [6.45, 7) is 4.05. The van der Waals surface area contributed by atoms with Crippen molar-refractivity contribution >= 4 is 0 Å². The van der Waals surface area contributed by atoms with Crippen LogP contribution >= 0.6 is 0 Å². The normalized spacial score (nSPS) is 17.9. The number of hydrogen-bond donors (Lipinski definition) is 2. The van der Waals surface area contributed by atoms with Crippen LogP contribution in [0.1, 0.15) is 31.7 Å². The maximum Gasteiger partial charge on any atom is 0.0897 e. The van der Waals surface area contributed by atoms with Crippen molar-refractivity contribution in [1.29, 1.82) is 0 Å². The Bertz CT molecular complexity index is 365. The van der Waals surface area contributed by atoms with E-state index in [-0.39, 0.29) is 0 Å². The van der Waals surface area contributed by atoms with Gasteiger partial charge in [-0.2, -0.15) is 0 Å². The third-order valence-corrected chi connectivity index (χ3v) is 3.77. The van der Waals surface area contributed by atoms with Crippen molar-refractivity contribution in [2.75, 3.05) is 19.8 Å². The number of ether oxygens (including phenoxy) is 1. The lowest BCUT2D eigenvalue weighted by molar-refractivity contribution is 0.0314. The fourth-order valence-electron chi connectivity index (χ4n) is 2.18. The average molecular weight is 277 g/mol. The van der Waals surface area contributed by atoms with Gasteiger partial charge < -0.3 is 15.2 Å². The molecule has 0 amide bonds. The second-order valence-corrected chi connectivity index (χ2v) is 5.97. The van der Waals surface area contributed by atoms with Crippen molar-refractivity contribution in [1.82, 2.24) is 5.32 Å². The van der Waals surface area contributed by atoms with E-state index in [1.807, 2.05) is 6.07 Å². The van der Waals surface area contributed by atoms with Gasteiger partial charge in [0.05, 0.1) is 12.7 Å². The van der Waals surface area contributed by atoms with Gasteiger partial charge in [-0.05, 0) is 44.1 Å². The SMILES string of the molecule is CC(CCc1ccccc1)NCC(O)COCC1CC1. The van der Waals surface area contributed by atoms with Crippen LogP contribution in [0.25, 0.3) is 0 Å². The minimum atomic E-state index is -0.395. The molecule has 112 valence electrons. The molecule has 0 aromatic heterocycles. The Hall–Kier alpha value is -0.900. The van der Waals surface area contributed by atoms with E-state index in [0.29, 0.717) is 19.2 Å². The van der Waals surface area contributed by atoms with Gasteiger partial charge in [-0.1, -0.05) is 30.3 Å². The lowest BCUT2D eigenvalue weighted by Gasteiger charge is -2.17. The summed E-state index contributed by atoms with van der Waals surface area (Å²) in [6.07, 6.45) is 4.35. The van der Waals surface area contributed by atoms with E-state index >= 15 is 0 Å². The molecule has 0 bridgehead atoms. The summed E-state index contributed by atoms with van der Waals surface area (Å²) in [7, 11) is 0. The summed E-state index contributed by atoms with van der Waals surface area (Å²) in [5.74, 6) is 0.764. The monoisotopic (exact) mass is 277 g/mol. The van der Waals surface area contributed by atoms with Crippen LogP contribution < -0.4 is 5.32 Å². The van der Waals surface area contributed by atoms with Crippen LogP contribution in [0.2, 0.25) is 0 Å². The highest BCUT2D eigenvalue weighted by Gasteiger charge is 2.21. The molecule has 2 unspecified atom stereocenters. The van der Waals surface area contributed by atoms with Crippen LogP contribution in [0.3, 0.4) is 0 Å². The fourth-order valence-corrected chi connectivity index (χ4v) is 2.18. The molecule has 1 fully saturated rings. The molecule has 0 aliphatic heterocycles. The highest BCUT2D eigenvalue weighted by Crippen LogP contribution is 2.28. The Morgan fingerprint density at radius 2 is 2.05 bits per heavy atom. The van der Waals surface area contributed by atoms with E-state index in [9.17, 15) is 5.11 Å². The zero-order valence-electron chi connectivity index (χ0n) is 12.4. The molecule has 2 atom stereocenters. The van der Waals surface area contributed by atoms with Crippen LogP contribution in [0.15, 0.2) is 30.3 Å². The molecule has 0 radical (unpaired) electrons. The van der Waals surface area contributed by atoms with Crippen molar-refractivity contribution in [3.8, 4) is 0 Å². The number of hydrogen-bond acceptors (Lipinski definition) is 3. The Morgan fingerprint density at radius 3 is 2.75 bits per heavy atom. The Labute approximate surface area is 122 Å². The molecule has 0 saturated heterocycles. The first-order chi connectivity index (χ1) is 9.74. The molecular weight excluding hydrogens is 250 g/mol. The van der Waals surface area contributed by atoms with Crippen LogP contribution in [-0.2, 0) is 11.2 Å². The van der Waals surface area contributed by atoms with E-state index in [2.05, 4.69) is 36.5 Å². The number of aryl methyl sites for hydroxylation is 1. The first-order valence-electron chi connectivity index (χ1n) is 7.77. The number of benzene rings is 1. The van der Waals surface area contributed by atoms with E-state index in [1.165, 1.54) is 18.4 Å². The van der Waals surface area contributed by atoms with Crippen LogP contribution in [-0.4, -0.2) is 37.0 Å². The largest absolute Gasteiger partial charge is 0.389 e. The van der Waals surface area contributed by atoms with Crippen molar-refractivity contribution < 1.29 is 9.84 Å². The molecule has 1 aliphatic rings. The molecule has 1 saturated carbocycles. The fraction of sp³-hybridized carbons (Fsp3) is 0.647. The zero-order valence-corrected chi connectivity index (χ0v) is 12.4. The summed E-state index contributed by atoms with van der Waals surface area (Å²) in [5.41, 5.74) is 1.37. The van der Waals surface area contributed by atoms with Crippen molar-refractivity contribution in [3.05, 3.63) is 35.9 Å². The predicted molar refractivity (Wildman–Crippen MR) is 81.8 cm³/mol. The van der Waals surface area contributed by atoms with Gasteiger partial charge in [0.2, 0.25) is 0 Å². The van der Waals surface area contributed by atoms with Crippen molar-refractivity contribution in [2.45, 2.75) is 44.8 Å². The van der Waals surface area contributed by atoms with E-state index < -0.39 is 6.10 Å². The van der Waals surface area contributed by atoms with Gasteiger partial charge in [-0.25, -0.2) is 0 Å². The minimum Gasteiger partial charge on any atom is -0.389 e. The summed E-state index contributed by atoms with van der Waals surface area (Å²) in [5, 5.41) is 13.2. The van der Waals surface area contributed by atoms with Gasteiger partial charge >= 0.3 is 0 Å². The number of aliphatic hydroxyl groups excluding tert-OH is 1. The molecule has 2 N–H and O–H groups in total. The lowest BCUT2D eigenvalue weighted by Crippen LogP contribution is -2.36. The van der Waals surface area contributed by atoms with Gasteiger partial charge in [0, 0.05) is 19.2 Å². The molecule has 0 heterocycles. The number of nitrogens with one attached hydrogen (secondary N) is 1. The molecular formula is C17H27NO2. The molecule has 1 aliphatic carbocycles. The average Bonchev–Trinajstić information content (AvgIpc) is 3.28. The van der Waals surface area contributed by atoms with Crippen molar-refractivity contribution in [3.63, 3.8) is 0 Å². The smallest absolute Gasteiger partial charge is 0.0897 e. The number of rotatable bonds is 10. The maximum absolute atomic E-state index is 9.83. The summed E-state index contributed by atoms with van der Waals surface area (Å²) in [4.78, 5) is 0. The van der Waals surface area contributed by atoms with Gasteiger partial charge in [0.1, 0.15) is 0 Å². The van der Waals surface area contributed by atoms with Crippen LogP contribution in [0.5, 0.6) is 0 Å². The molecule has 1 aromatic rings. The topological polar surface area (TPSA) is 41.5 Å². The summed E-state index contributed by atoms with van der Waals surface area (Å²) >= 11 is 0. The lowest BCUT2D eigenvalue weighted by atomic mass is 10.1. The zero-order chi connectivity index (χ0) is 14.2. The van der Waals surface area contributed by atoms with Crippen molar-refractivity contribution in [2.24, 2.45) is 5.92 Å². The highest BCUT2D eigenvalue weighted by molar-refractivity contribution is 5.14. The Morgan fingerprint density at radius 1 is 1.30 bits per heavy atom. The Balaban J connectivity index is 1.51. The van der Waals surface area contributed by atoms with Gasteiger partial charge in [0.25, 0.3) is 0 Å². The van der Waals surface area contributed by atoms with Gasteiger partial charge in [0.15, 0.2) is 0 Å². The second kappa shape index (κ2) is 8.40. The molecule has 3 nitrogen and oxygen atoms in total.